The van der Waals surface area contributed by atoms with Gasteiger partial charge >= 0.3 is 6.61 Å². The molecule has 0 aliphatic heterocycles. The topological polar surface area (TPSA) is 58.6 Å². The predicted octanol–water partition coefficient (Wildman–Crippen LogP) is 3.92. The van der Waals surface area contributed by atoms with Crippen LogP contribution in [0, 0.1) is 0 Å². The van der Waals surface area contributed by atoms with Crippen molar-refractivity contribution in [3.8, 4) is 5.75 Å². The molecule has 9 heteroatoms. The SMILES string of the molecule is CN(C)c1ccc(Br)c(S(=O)(=O)Nc2cccc(OC(F)F)c2)c1. The van der Waals surface area contributed by atoms with Crippen LogP contribution < -0.4 is 14.4 Å². The monoisotopic (exact) mass is 420 g/mol. The summed E-state index contributed by atoms with van der Waals surface area (Å²) in [5.74, 6) is -0.133. The third-order valence-electron chi connectivity index (χ3n) is 3.03. The van der Waals surface area contributed by atoms with E-state index in [0.717, 1.165) is 0 Å². The Morgan fingerprint density at radius 3 is 2.50 bits per heavy atom. The standard InChI is InChI=1S/C15H15BrF2N2O3S/c1-20(2)11-6-7-13(16)14(9-11)24(21,22)19-10-4-3-5-12(8-10)23-15(17)18/h3-9,15,19H,1-2H3. The summed E-state index contributed by atoms with van der Waals surface area (Å²) in [7, 11) is -0.332. The molecular formula is C15H15BrF2N2O3S. The molecule has 0 aliphatic rings. The van der Waals surface area contributed by atoms with Crippen LogP contribution in [0.5, 0.6) is 5.75 Å². The third kappa shape index (κ3) is 4.57. The number of halogens is 3. The Morgan fingerprint density at radius 2 is 1.88 bits per heavy atom. The van der Waals surface area contributed by atoms with E-state index in [0.29, 0.717) is 10.2 Å². The summed E-state index contributed by atoms with van der Waals surface area (Å²) >= 11 is 3.21. The van der Waals surface area contributed by atoms with Gasteiger partial charge in [-0.05, 0) is 46.3 Å². The molecule has 0 saturated heterocycles. The largest absolute Gasteiger partial charge is 0.435 e. The minimum Gasteiger partial charge on any atom is -0.435 e. The molecule has 24 heavy (non-hydrogen) atoms. The molecule has 0 radical (unpaired) electrons. The Labute approximate surface area is 147 Å². The average molecular weight is 421 g/mol. The highest BCUT2D eigenvalue weighted by molar-refractivity contribution is 9.10. The van der Waals surface area contributed by atoms with Crippen LogP contribution in [0.1, 0.15) is 0 Å². The second-order valence-electron chi connectivity index (χ2n) is 5.02. The second kappa shape index (κ2) is 7.35. The highest BCUT2D eigenvalue weighted by Crippen LogP contribution is 2.29. The quantitative estimate of drug-likeness (QED) is 0.769. The molecule has 5 nitrogen and oxygen atoms in total. The van der Waals surface area contributed by atoms with Crippen molar-refractivity contribution in [3.05, 3.63) is 46.9 Å². The van der Waals surface area contributed by atoms with E-state index in [-0.39, 0.29) is 16.3 Å². The van der Waals surface area contributed by atoms with Crippen molar-refractivity contribution < 1.29 is 21.9 Å². The van der Waals surface area contributed by atoms with Crippen molar-refractivity contribution >= 4 is 37.3 Å². The van der Waals surface area contributed by atoms with Gasteiger partial charge in [0.15, 0.2) is 0 Å². The summed E-state index contributed by atoms with van der Waals surface area (Å²) in [6, 6.07) is 10.3. The van der Waals surface area contributed by atoms with Crippen LogP contribution in [-0.4, -0.2) is 29.1 Å². The number of benzene rings is 2. The zero-order valence-corrected chi connectivity index (χ0v) is 15.2. The van der Waals surface area contributed by atoms with E-state index < -0.39 is 16.6 Å². The van der Waals surface area contributed by atoms with Crippen molar-refractivity contribution in [1.82, 2.24) is 0 Å². The Balaban J connectivity index is 2.34. The summed E-state index contributed by atoms with van der Waals surface area (Å²) in [6.07, 6.45) is 0. The summed E-state index contributed by atoms with van der Waals surface area (Å²) in [6.45, 7) is -2.98. The lowest BCUT2D eigenvalue weighted by molar-refractivity contribution is -0.0497. The summed E-state index contributed by atoms with van der Waals surface area (Å²) < 4.78 is 56.7. The normalized spacial score (nSPS) is 11.4. The van der Waals surface area contributed by atoms with E-state index in [1.807, 2.05) is 0 Å². The van der Waals surface area contributed by atoms with Gasteiger partial charge in [0, 0.05) is 30.3 Å². The Bertz CT molecular complexity index is 829. The van der Waals surface area contributed by atoms with E-state index in [2.05, 4.69) is 25.4 Å². The van der Waals surface area contributed by atoms with E-state index in [1.54, 1.807) is 31.1 Å². The summed E-state index contributed by atoms with van der Waals surface area (Å²) in [5.41, 5.74) is 0.823. The maximum Gasteiger partial charge on any atom is 0.387 e. The first-order valence-electron chi connectivity index (χ1n) is 6.73. The summed E-state index contributed by atoms with van der Waals surface area (Å²) in [5, 5.41) is 0. The number of nitrogens with zero attached hydrogens (tertiary/aromatic N) is 1. The molecule has 0 aromatic heterocycles. The predicted molar refractivity (Wildman–Crippen MR) is 92.4 cm³/mol. The Kier molecular flexibility index (Phi) is 5.66. The van der Waals surface area contributed by atoms with Gasteiger partial charge < -0.3 is 9.64 Å². The lowest BCUT2D eigenvalue weighted by Gasteiger charge is -2.16. The minimum absolute atomic E-state index is 0.0360. The van der Waals surface area contributed by atoms with Gasteiger partial charge in [-0.1, -0.05) is 6.07 Å². The molecule has 0 atom stereocenters. The number of sulfonamides is 1. The Morgan fingerprint density at radius 1 is 1.17 bits per heavy atom. The molecule has 0 unspecified atom stereocenters. The van der Waals surface area contributed by atoms with Gasteiger partial charge in [0.2, 0.25) is 0 Å². The van der Waals surface area contributed by atoms with Gasteiger partial charge in [-0.3, -0.25) is 4.72 Å². The molecule has 130 valence electrons. The molecule has 0 fully saturated rings. The van der Waals surface area contributed by atoms with Crippen LogP contribution in [0.4, 0.5) is 20.2 Å². The molecule has 0 bridgehead atoms. The van der Waals surface area contributed by atoms with E-state index in [4.69, 9.17) is 0 Å². The number of hydrogen-bond acceptors (Lipinski definition) is 4. The molecule has 2 aromatic rings. The van der Waals surface area contributed by atoms with E-state index >= 15 is 0 Å². The van der Waals surface area contributed by atoms with Crippen LogP contribution >= 0.6 is 15.9 Å². The fourth-order valence-electron chi connectivity index (χ4n) is 1.92. The van der Waals surface area contributed by atoms with Crippen LogP contribution in [-0.2, 0) is 10.0 Å². The highest BCUT2D eigenvalue weighted by Gasteiger charge is 2.19. The van der Waals surface area contributed by atoms with Gasteiger partial charge in [-0.15, -0.1) is 0 Å². The zero-order valence-electron chi connectivity index (χ0n) is 12.8. The number of alkyl halides is 2. The van der Waals surface area contributed by atoms with Gasteiger partial charge in [0.25, 0.3) is 10.0 Å². The molecule has 1 N–H and O–H groups in total. The lowest BCUT2D eigenvalue weighted by atomic mass is 10.3. The zero-order chi connectivity index (χ0) is 17.9. The number of nitrogens with one attached hydrogen (secondary N) is 1. The molecule has 2 rings (SSSR count). The maximum atomic E-state index is 12.6. The first-order chi connectivity index (χ1) is 11.2. The van der Waals surface area contributed by atoms with E-state index in [1.165, 1.54) is 30.3 Å². The van der Waals surface area contributed by atoms with Gasteiger partial charge in [-0.2, -0.15) is 8.78 Å². The molecule has 2 aromatic carbocycles. The fourth-order valence-corrected chi connectivity index (χ4v) is 3.96. The number of anilines is 2. The van der Waals surface area contributed by atoms with Gasteiger partial charge in [0.05, 0.1) is 5.69 Å². The second-order valence-corrected chi connectivity index (χ2v) is 7.53. The van der Waals surface area contributed by atoms with E-state index in [9.17, 15) is 17.2 Å². The molecule has 0 heterocycles. The van der Waals surface area contributed by atoms with Crippen LogP contribution in [0.3, 0.4) is 0 Å². The molecule has 0 aliphatic carbocycles. The van der Waals surface area contributed by atoms with Crippen molar-refractivity contribution in [2.45, 2.75) is 11.5 Å². The van der Waals surface area contributed by atoms with Crippen LogP contribution in [0.25, 0.3) is 0 Å². The first kappa shape index (κ1) is 18.5. The molecule has 0 amide bonds. The summed E-state index contributed by atoms with van der Waals surface area (Å²) in [4.78, 5) is 1.80. The maximum absolute atomic E-state index is 12.6. The van der Waals surface area contributed by atoms with Crippen LogP contribution in [0.2, 0.25) is 0 Å². The van der Waals surface area contributed by atoms with Crippen molar-refractivity contribution in [3.63, 3.8) is 0 Å². The number of hydrogen-bond donors (Lipinski definition) is 1. The van der Waals surface area contributed by atoms with Crippen molar-refractivity contribution in [2.75, 3.05) is 23.7 Å². The third-order valence-corrected chi connectivity index (χ3v) is 5.41. The fraction of sp³-hybridized carbons (Fsp3) is 0.200. The lowest BCUT2D eigenvalue weighted by Crippen LogP contribution is -2.15. The first-order valence-corrected chi connectivity index (χ1v) is 9.01. The number of rotatable bonds is 6. The minimum atomic E-state index is -3.91. The van der Waals surface area contributed by atoms with Gasteiger partial charge in [-0.25, -0.2) is 8.42 Å². The number of ether oxygens (including phenoxy) is 1. The van der Waals surface area contributed by atoms with Crippen molar-refractivity contribution in [1.29, 1.82) is 0 Å². The molecule has 0 saturated carbocycles. The molecule has 0 spiro atoms. The van der Waals surface area contributed by atoms with Crippen molar-refractivity contribution in [2.24, 2.45) is 0 Å². The molecular weight excluding hydrogens is 406 g/mol. The van der Waals surface area contributed by atoms with Gasteiger partial charge in [0.1, 0.15) is 10.6 Å². The average Bonchev–Trinajstić information content (AvgIpc) is 2.46. The highest BCUT2D eigenvalue weighted by atomic mass is 79.9. The van der Waals surface area contributed by atoms with Crippen LogP contribution in [0.15, 0.2) is 51.8 Å². The smallest absolute Gasteiger partial charge is 0.387 e. The Hall–Kier alpha value is -1.87.